The van der Waals surface area contributed by atoms with E-state index in [1.54, 1.807) is 27.7 Å². The van der Waals surface area contributed by atoms with Crippen molar-refractivity contribution in [3.8, 4) is 0 Å². The molecule has 0 aliphatic carbocycles. The zero-order chi connectivity index (χ0) is 10.8. The maximum Gasteiger partial charge on any atom is 0.0402 e. The SMILES string of the molecule is CCO.CCO.CCO.CCO.S.[Ti]. The van der Waals surface area contributed by atoms with Gasteiger partial charge in [-0.1, -0.05) is 0 Å². The number of hydrogen-bond acceptors (Lipinski definition) is 4. The molecule has 0 spiro atoms. The first-order valence-electron chi connectivity index (χ1n) is 4.09. The monoisotopic (exact) mass is 266 g/mol. The van der Waals surface area contributed by atoms with Crippen molar-refractivity contribution in [2.75, 3.05) is 26.4 Å². The average Bonchev–Trinajstić information content (AvgIpc) is 1.92. The van der Waals surface area contributed by atoms with E-state index >= 15 is 0 Å². The average molecular weight is 266 g/mol. The van der Waals surface area contributed by atoms with Crippen LogP contribution in [0.1, 0.15) is 27.7 Å². The minimum atomic E-state index is 0. The Hall–Kier alpha value is 0.904. The van der Waals surface area contributed by atoms with Crippen LogP contribution in [-0.2, 0) is 21.7 Å². The van der Waals surface area contributed by atoms with Crippen molar-refractivity contribution >= 4 is 13.5 Å². The van der Waals surface area contributed by atoms with E-state index < -0.39 is 0 Å². The van der Waals surface area contributed by atoms with Gasteiger partial charge in [0.25, 0.3) is 0 Å². The molecule has 0 aliphatic heterocycles. The van der Waals surface area contributed by atoms with Crippen LogP contribution in [-0.4, -0.2) is 46.9 Å². The van der Waals surface area contributed by atoms with Gasteiger partial charge in [0, 0.05) is 48.1 Å². The molecule has 0 saturated heterocycles. The van der Waals surface area contributed by atoms with E-state index in [4.69, 9.17) is 20.4 Å². The molecule has 6 heteroatoms. The second-order valence-electron chi connectivity index (χ2n) is 1.26. The summed E-state index contributed by atoms with van der Waals surface area (Å²) in [6, 6.07) is 0. The molecule has 0 aromatic carbocycles. The van der Waals surface area contributed by atoms with Crippen molar-refractivity contribution in [1.82, 2.24) is 0 Å². The van der Waals surface area contributed by atoms with Gasteiger partial charge in [0.15, 0.2) is 0 Å². The summed E-state index contributed by atoms with van der Waals surface area (Å²) in [7, 11) is 0. The zero-order valence-electron chi connectivity index (χ0n) is 9.62. The van der Waals surface area contributed by atoms with E-state index in [0.29, 0.717) is 0 Å². The van der Waals surface area contributed by atoms with Crippen molar-refractivity contribution in [3.63, 3.8) is 0 Å². The van der Waals surface area contributed by atoms with Gasteiger partial charge in [-0.3, -0.25) is 0 Å². The summed E-state index contributed by atoms with van der Waals surface area (Å²) in [6.45, 7) is 7.72. The van der Waals surface area contributed by atoms with Crippen LogP contribution in [0.2, 0.25) is 0 Å². The predicted molar refractivity (Wildman–Crippen MR) is 61.4 cm³/mol. The van der Waals surface area contributed by atoms with Crippen LogP contribution in [0.3, 0.4) is 0 Å². The van der Waals surface area contributed by atoms with Gasteiger partial charge in [0.2, 0.25) is 0 Å². The molecule has 92 valence electrons. The van der Waals surface area contributed by atoms with Crippen molar-refractivity contribution in [2.45, 2.75) is 27.7 Å². The summed E-state index contributed by atoms with van der Waals surface area (Å²) in [6.07, 6.45) is 0. The molecular formula is C8H26O4STi. The Morgan fingerprint density at radius 3 is 0.571 bits per heavy atom. The van der Waals surface area contributed by atoms with Gasteiger partial charge in [0.1, 0.15) is 0 Å². The molecular weight excluding hydrogens is 240 g/mol. The number of aliphatic hydroxyl groups is 4. The maximum absolute atomic E-state index is 7.57. The van der Waals surface area contributed by atoms with E-state index in [-0.39, 0.29) is 61.6 Å². The van der Waals surface area contributed by atoms with Crippen LogP contribution in [0.15, 0.2) is 0 Å². The van der Waals surface area contributed by atoms with Crippen molar-refractivity contribution in [2.24, 2.45) is 0 Å². The number of aliphatic hydroxyl groups excluding tert-OH is 4. The van der Waals surface area contributed by atoms with Crippen molar-refractivity contribution in [3.05, 3.63) is 0 Å². The molecule has 0 aromatic heterocycles. The Balaban J connectivity index is -0.0000000145. The number of rotatable bonds is 0. The summed E-state index contributed by atoms with van der Waals surface area (Å²) in [5, 5.41) is 30.3. The molecule has 0 heterocycles. The second-order valence-corrected chi connectivity index (χ2v) is 1.26. The van der Waals surface area contributed by atoms with Gasteiger partial charge in [-0.05, 0) is 27.7 Å². The molecule has 0 aromatic rings. The largest absolute Gasteiger partial charge is 0.397 e. The van der Waals surface area contributed by atoms with Crippen LogP contribution in [0, 0.1) is 0 Å². The Bertz CT molecular complexity index is 29.3. The first-order valence-corrected chi connectivity index (χ1v) is 4.09. The first-order chi connectivity index (χ1) is 5.66. The second kappa shape index (κ2) is 96.3. The maximum atomic E-state index is 7.57. The fourth-order valence-corrected chi connectivity index (χ4v) is 0. The minimum absolute atomic E-state index is 0. The Morgan fingerprint density at radius 2 is 0.571 bits per heavy atom. The molecule has 0 amide bonds. The Labute approximate surface area is 110 Å². The molecule has 4 nitrogen and oxygen atoms in total. The molecule has 0 fully saturated rings. The van der Waals surface area contributed by atoms with Gasteiger partial charge in [-0.2, -0.15) is 13.5 Å². The van der Waals surface area contributed by atoms with Crippen LogP contribution in [0.4, 0.5) is 0 Å². The van der Waals surface area contributed by atoms with Crippen molar-refractivity contribution < 1.29 is 42.1 Å². The van der Waals surface area contributed by atoms with Crippen LogP contribution < -0.4 is 0 Å². The molecule has 0 unspecified atom stereocenters. The molecule has 4 N–H and O–H groups in total. The van der Waals surface area contributed by atoms with E-state index in [1.165, 1.54) is 0 Å². The van der Waals surface area contributed by atoms with Crippen LogP contribution in [0.5, 0.6) is 0 Å². The smallest absolute Gasteiger partial charge is 0.0402 e. The summed E-state index contributed by atoms with van der Waals surface area (Å²) in [5.74, 6) is 0. The van der Waals surface area contributed by atoms with E-state index in [2.05, 4.69) is 0 Å². The Morgan fingerprint density at radius 1 is 0.571 bits per heavy atom. The molecule has 0 radical (unpaired) electrons. The predicted octanol–water partition coefficient (Wildman–Crippen LogP) is 0.105. The van der Waals surface area contributed by atoms with E-state index in [0.717, 1.165) is 0 Å². The fourth-order valence-electron chi connectivity index (χ4n) is 0. The summed E-state index contributed by atoms with van der Waals surface area (Å²) >= 11 is 0. The van der Waals surface area contributed by atoms with Crippen molar-refractivity contribution in [1.29, 1.82) is 0 Å². The molecule has 0 atom stereocenters. The third-order valence-corrected chi connectivity index (χ3v) is 0. The quantitative estimate of drug-likeness (QED) is 0.469. The normalized spacial score (nSPS) is 5.14. The number of hydrogen-bond donors (Lipinski definition) is 4. The molecule has 0 aliphatic rings. The van der Waals surface area contributed by atoms with Gasteiger partial charge in [-0.15, -0.1) is 0 Å². The molecule has 14 heavy (non-hydrogen) atoms. The zero-order valence-corrected chi connectivity index (χ0v) is 12.2. The summed E-state index contributed by atoms with van der Waals surface area (Å²) in [4.78, 5) is 0. The van der Waals surface area contributed by atoms with E-state index in [9.17, 15) is 0 Å². The Kier molecular flexibility index (Phi) is 250. The van der Waals surface area contributed by atoms with Gasteiger partial charge in [-0.25, -0.2) is 0 Å². The topological polar surface area (TPSA) is 80.9 Å². The third-order valence-electron chi connectivity index (χ3n) is 0. The molecule has 0 saturated carbocycles. The van der Waals surface area contributed by atoms with Gasteiger partial charge < -0.3 is 20.4 Å². The first kappa shape index (κ1) is 36.3. The van der Waals surface area contributed by atoms with Gasteiger partial charge in [0.05, 0.1) is 0 Å². The minimum Gasteiger partial charge on any atom is -0.397 e. The van der Waals surface area contributed by atoms with Crippen LogP contribution in [0.25, 0.3) is 0 Å². The molecule has 0 bridgehead atoms. The van der Waals surface area contributed by atoms with E-state index in [1.807, 2.05) is 0 Å². The fraction of sp³-hybridized carbons (Fsp3) is 1.00. The molecule has 0 rings (SSSR count). The van der Waals surface area contributed by atoms with Crippen LogP contribution >= 0.6 is 13.5 Å². The van der Waals surface area contributed by atoms with Gasteiger partial charge >= 0.3 is 0 Å². The third kappa shape index (κ3) is 2240. The summed E-state index contributed by atoms with van der Waals surface area (Å²) in [5.41, 5.74) is 0. The standard InChI is InChI=1S/4C2H6O.H2S.Ti/c4*1-2-3;;/h4*3H,2H2,1H3;1H2;. The summed E-state index contributed by atoms with van der Waals surface area (Å²) < 4.78 is 0.